The summed E-state index contributed by atoms with van der Waals surface area (Å²) in [5, 5.41) is 2.81. The van der Waals surface area contributed by atoms with E-state index in [4.69, 9.17) is 0 Å². The third-order valence-corrected chi connectivity index (χ3v) is 4.87. The lowest BCUT2D eigenvalue weighted by Crippen LogP contribution is -2.25. The van der Waals surface area contributed by atoms with Crippen LogP contribution in [0.25, 0.3) is 0 Å². The van der Waals surface area contributed by atoms with Gasteiger partial charge in [-0.05, 0) is 52.8 Å². The number of halogens is 1. The highest BCUT2D eigenvalue weighted by atomic mass is 127. The maximum atomic E-state index is 12.2. The molecule has 3 rings (SSSR count). The Balaban J connectivity index is 1.68. The maximum absolute atomic E-state index is 12.2. The molecule has 0 spiro atoms. The molecule has 1 unspecified atom stereocenters. The molecule has 96 valence electrons. The largest absolute Gasteiger partial charge is 0.310 e. The average molecular weight is 382 g/mol. The lowest BCUT2D eigenvalue weighted by atomic mass is 10.1. The second-order valence-electron chi connectivity index (χ2n) is 4.27. The molecule has 19 heavy (non-hydrogen) atoms. The molecule has 0 aliphatic carbocycles. The van der Waals surface area contributed by atoms with Gasteiger partial charge in [0.05, 0.1) is 5.25 Å². The zero-order valence-electron chi connectivity index (χ0n) is 9.97. The van der Waals surface area contributed by atoms with Gasteiger partial charge < -0.3 is 5.32 Å². The van der Waals surface area contributed by atoms with Crippen molar-refractivity contribution >= 4 is 46.1 Å². The first kappa shape index (κ1) is 12.9. The molecule has 1 aliphatic heterocycles. The minimum atomic E-state index is -0.0570. The van der Waals surface area contributed by atoms with Crippen LogP contribution in [-0.2, 0) is 11.2 Å². The third kappa shape index (κ3) is 2.92. The summed E-state index contributed by atoms with van der Waals surface area (Å²) in [6.07, 6.45) is 2.53. The molecule has 1 N–H and O–H groups in total. The molecule has 1 atom stereocenters. The number of thioether (sulfide) groups is 1. The van der Waals surface area contributed by atoms with E-state index in [1.54, 1.807) is 18.0 Å². The molecule has 1 aliphatic rings. The first-order valence-corrected chi connectivity index (χ1v) is 7.85. The molecule has 0 fully saturated rings. The Morgan fingerprint density at radius 2 is 2.16 bits per heavy atom. The zero-order valence-corrected chi connectivity index (χ0v) is 12.9. The van der Waals surface area contributed by atoms with Crippen molar-refractivity contribution < 1.29 is 4.79 Å². The fraction of sp³-hybridized carbons (Fsp3) is 0.143. The van der Waals surface area contributed by atoms with E-state index in [0.717, 1.165) is 9.99 Å². The first-order chi connectivity index (χ1) is 9.22. The number of nitrogens with zero attached hydrogens (tertiary/aromatic N) is 1. The number of nitrogens with one attached hydrogen (secondary N) is 1. The molecule has 2 aromatic rings. The fourth-order valence-electron chi connectivity index (χ4n) is 1.98. The quantitative estimate of drug-likeness (QED) is 0.811. The van der Waals surface area contributed by atoms with Crippen LogP contribution in [0.3, 0.4) is 0 Å². The SMILES string of the molecule is O=C(Nc1ccc(I)cn1)C1Cc2ccccc2S1. The van der Waals surface area contributed by atoms with E-state index in [1.165, 1.54) is 10.5 Å². The molecule has 1 aromatic heterocycles. The topological polar surface area (TPSA) is 42.0 Å². The van der Waals surface area contributed by atoms with Crippen molar-refractivity contribution in [3.8, 4) is 0 Å². The van der Waals surface area contributed by atoms with Gasteiger partial charge in [-0.3, -0.25) is 4.79 Å². The maximum Gasteiger partial charge on any atom is 0.239 e. The lowest BCUT2D eigenvalue weighted by Gasteiger charge is -2.09. The number of hydrogen-bond donors (Lipinski definition) is 1. The number of carbonyl (C=O) groups excluding carboxylic acids is 1. The summed E-state index contributed by atoms with van der Waals surface area (Å²) in [7, 11) is 0. The molecule has 0 saturated carbocycles. The summed E-state index contributed by atoms with van der Waals surface area (Å²) >= 11 is 3.81. The van der Waals surface area contributed by atoms with Gasteiger partial charge >= 0.3 is 0 Å². The Hall–Kier alpha value is -1.08. The Labute approximate surface area is 129 Å². The van der Waals surface area contributed by atoms with Crippen molar-refractivity contribution in [2.24, 2.45) is 0 Å². The van der Waals surface area contributed by atoms with Gasteiger partial charge in [-0.25, -0.2) is 4.98 Å². The van der Waals surface area contributed by atoms with Gasteiger partial charge in [0, 0.05) is 14.7 Å². The van der Waals surface area contributed by atoms with Crippen molar-refractivity contribution in [2.45, 2.75) is 16.6 Å². The van der Waals surface area contributed by atoms with E-state index in [1.807, 2.05) is 24.3 Å². The Morgan fingerprint density at radius 1 is 1.32 bits per heavy atom. The molecular formula is C14H11IN2OS. The first-order valence-electron chi connectivity index (χ1n) is 5.89. The van der Waals surface area contributed by atoms with Crippen LogP contribution in [0.5, 0.6) is 0 Å². The number of aromatic nitrogens is 1. The summed E-state index contributed by atoms with van der Waals surface area (Å²) in [5.41, 5.74) is 1.25. The summed E-state index contributed by atoms with van der Waals surface area (Å²) < 4.78 is 1.05. The second-order valence-corrected chi connectivity index (χ2v) is 6.76. The van der Waals surface area contributed by atoms with Gasteiger partial charge in [-0.2, -0.15) is 0 Å². The van der Waals surface area contributed by atoms with E-state index < -0.39 is 0 Å². The van der Waals surface area contributed by atoms with Gasteiger partial charge in [-0.1, -0.05) is 18.2 Å². The molecule has 1 aromatic carbocycles. The number of anilines is 1. The minimum absolute atomic E-state index is 0.0231. The minimum Gasteiger partial charge on any atom is -0.310 e. The monoisotopic (exact) mass is 382 g/mol. The molecule has 5 heteroatoms. The Bertz CT molecular complexity index is 590. The van der Waals surface area contributed by atoms with E-state index in [-0.39, 0.29) is 11.2 Å². The molecule has 1 amide bonds. The van der Waals surface area contributed by atoms with Crippen molar-refractivity contribution in [1.82, 2.24) is 4.98 Å². The summed E-state index contributed by atoms with van der Waals surface area (Å²) in [6, 6.07) is 11.9. The van der Waals surface area contributed by atoms with Crippen LogP contribution in [-0.4, -0.2) is 16.1 Å². The van der Waals surface area contributed by atoms with Gasteiger partial charge in [0.15, 0.2) is 0 Å². The Kier molecular flexibility index (Phi) is 3.74. The second kappa shape index (κ2) is 5.50. The molecule has 0 bridgehead atoms. The molecule has 3 nitrogen and oxygen atoms in total. The lowest BCUT2D eigenvalue weighted by molar-refractivity contribution is -0.115. The van der Waals surface area contributed by atoms with Gasteiger partial charge in [0.25, 0.3) is 0 Å². The number of carbonyl (C=O) groups is 1. The average Bonchev–Trinajstić information content (AvgIpc) is 2.85. The van der Waals surface area contributed by atoms with Crippen LogP contribution in [0, 0.1) is 3.57 Å². The fourth-order valence-corrected chi connectivity index (χ4v) is 3.50. The highest BCUT2D eigenvalue weighted by Crippen LogP contribution is 2.37. The van der Waals surface area contributed by atoms with Gasteiger partial charge in [0.2, 0.25) is 5.91 Å². The van der Waals surface area contributed by atoms with Crippen molar-refractivity contribution in [3.05, 3.63) is 51.7 Å². The van der Waals surface area contributed by atoms with Gasteiger partial charge in [0.1, 0.15) is 5.82 Å². The van der Waals surface area contributed by atoms with Crippen LogP contribution in [0.4, 0.5) is 5.82 Å². The van der Waals surface area contributed by atoms with Crippen molar-refractivity contribution in [2.75, 3.05) is 5.32 Å². The zero-order chi connectivity index (χ0) is 13.2. The molecular weight excluding hydrogens is 371 g/mol. The van der Waals surface area contributed by atoms with E-state index >= 15 is 0 Å². The standard InChI is InChI=1S/C14H11IN2OS/c15-10-5-6-13(16-8-10)17-14(18)12-7-9-3-1-2-4-11(9)19-12/h1-6,8,12H,7H2,(H,16,17,18). The molecule has 2 heterocycles. The number of amides is 1. The highest BCUT2D eigenvalue weighted by molar-refractivity contribution is 14.1. The molecule has 0 radical (unpaired) electrons. The summed E-state index contributed by atoms with van der Waals surface area (Å²) in [4.78, 5) is 17.6. The number of benzene rings is 1. The van der Waals surface area contributed by atoms with Crippen LogP contribution in [0.1, 0.15) is 5.56 Å². The summed E-state index contributed by atoms with van der Waals surface area (Å²) in [5.74, 6) is 0.636. The van der Waals surface area contributed by atoms with Crippen molar-refractivity contribution in [3.63, 3.8) is 0 Å². The van der Waals surface area contributed by atoms with Crippen LogP contribution >= 0.6 is 34.4 Å². The van der Waals surface area contributed by atoms with Crippen molar-refractivity contribution in [1.29, 1.82) is 0 Å². The predicted octanol–water partition coefficient (Wildman–Crippen LogP) is 3.34. The van der Waals surface area contributed by atoms with Crippen LogP contribution in [0.2, 0.25) is 0 Å². The number of hydrogen-bond acceptors (Lipinski definition) is 3. The normalized spacial score (nSPS) is 17.0. The predicted molar refractivity (Wildman–Crippen MR) is 85.4 cm³/mol. The number of fused-ring (bicyclic) bond motifs is 1. The highest BCUT2D eigenvalue weighted by Gasteiger charge is 2.28. The van der Waals surface area contributed by atoms with E-state index in [9.17, 15) is 4.79 Å². The number of pyridine rings is 1. The Morgan fingerprint density at radius 3 is 2.89 bits per heavy atom. The third-order valence-electron chi connectivity index (χ3n) is 2.92. The van der Waals surface area contributed by atoms with Crippen LogP contribution in [0.15, 0.2) is 47.5 Å². The summed E-state index contributed by atoms with van der Waals surface area (Å²) in [6.45, 7) is 0. The van der Waals surface area contributed by atoms with Crippen LogP contribution < -0.4 is 5.32 Å². The van der Waals surface area contributed by atoms with E-state index in [2.05, 4.69) is 45.0 Å². The molecule has 0 saturated heterocycles. The number of rotatable bonds is 2. The smallest absolute Gasteiger partial charge is 0.239 e. The van der Waals surface area contributed by atoms with E-state index in [0.29, 0.717) is 5.82 Å². The van der Waals surface area contributed by atoms with Gasteiger partial charge in [-0.15, -0.1) is 11.8 Å².